The molecule has 0 spiro atoms. The minimum atomic E-state index is -2.65. The number of hydrogen-bond acceptors (Lipinski definition) is 6. The summed E-state index contributed by atoms with van der Waals surface area (Å²) < 4.78 is 56.5. The summed E-state index contributed by atoms with van der Waals surface area (Å²) >= 11 is 0. The van der Waals surface area contributed by atoms with E-state index in [2.05, 4.69) is 10.3 Å². The Balaban J connectivity index is 1.13. The van der Waals surface area contributed by atoms with Gasteiger partial charge in [0.25, 0.3) is 5.92 Å². The molecule has 6 nitrogen and oxygen atoms in total. The van der Waals surface area contributed by atoms with Gasteiger partial charge in [-0.05, 0) is 48.2 Å². The Labute approximate surface area is 256 Å². The van der Waals surface area contributed by atoms with Gasteiger partial charge in [0.1, 0.15) is 24.7 Å². The van der Waals surface area contributed by atoms with Crippen molar-refractivity contribution in [3.05, 3.63) is 108 Å². The first kappa shape index (κ1) is 29.8. The predicted molar refractivity (Wildman–Crippen MR) is 166 cm³/mol. The number of pyridine rings is 1. The van der Waals surface area contributed by atoms with Gasteiger partial charge in [0.2, 0.25) is 11.8 Å². The fourth-order valence-electron chi connectivity index (χ4n) is 5.96. The molecule has 230 valence electrons. The SMILES string of the molecule is Fc1cc(Nc2ccc(OCc3ccccc3)nc2OCc2ccccc2)ccc1N1CCN(C2CCCCC2(F)F)CC1. The molecule has 2 heterocycles. The molecule has 1 aliphatic carbocycles. The lowest BCUT2D eigenvalue weighted by molar-refractivity contribution is -0.107. The Morgan fingerprint density at radius 3 is 2.14 bits per heavy atom. The van der Waals surface area contributed by atoms with Gasteiger partial charge in [-0.1, -0.05) is 67.1 Å². The molecule has 1 saturated carbocycles. The van der Waals surface area contributed by atoms with Crippen molar-refractivity contribution in [3.63, 3.8) is 0 Å². The van der Waals surface area contributed by atoms with E-state index >= 15 is 4.39 Å². The predicted octanol–water partition coefficient (Wildman–Crippen LogP) is 7.82. The number of anilines is 3. The van der Waals surface area contributed by atoms with Crippen molar-refractivity contribution in [2.75, 3.05) is 36.4 Å². The zero-order valence-corrected chi connectivity index (χ0v) is 24.6. The molecule has 4 aromatic rings. The van der Waals surface area contributed by atoms with Gasteiger partial charge >= 0.3 is 0 Å². The van der Waals surface area contributed by atoms with Crippen molar-refractivity contribution < 1.29 is 22.6 Å². The first-order chi connectivity index (χ1) is 21.4. The van der Waals surface area contributed by atoms with Crippen LogP contribution in [0.1, 0.15) is 36.8 Å². The molecule has 2 aliphatic rings. The van der Waals surface area contributed by atoms with E-state index in [1.165, 1.54) is 6.07 Å². The smallest absolute Gasteiger partial charge is 0.263 e. The third-order valence-electron chi connectivity index (χ3n) is 8.33. The normalized spacial score (nSPS) is 18.5. The number of piperazine rings is 1. The highest BCUT2D eigenvalue weighted by Crippen LogP contribution is 2.38. The maximum Gasteiger partial charge on any atom is 0.263 e. The minimum absolute atomic E-state index is 0.0427. The molecule has 6 rings (SSSR count). The molecule has 0 bridgehead atoms. The molecular formula is C35H37F3N4O2. The molecule has 44 heavy (non-hydrogen) atoms. The second-order valence-corrected chi connectivity index (χ2v) is 11.4. The van der Waals surface area contributed by atoms with E-state index in [1.807, 2.05) is 70.5 Å². The first-order valence-corrected chi connectivity index (χ1v) is 15.2. The van der Waals surface area contributed by atoms with Crippen LogP contribution < -0.4 is 19.7 Å². The summed E-state index contributed by atoms with van der Waals surface area (Å²) in [6.45, 7) is 2.65. The van der Waals surface area contributed by atoms with E-state index in [9.17, 15) is 8.78 Å². The van der Waals surface area contributed by atoms with Crippen LogP contribution in [0.4, 0.5) is 30.2 Å². The standard InChI is InChI=1S/C35H37F3N4O2/c36-29-23-28(14-16-31(29)41-19-21-42(22-20-41)32-13-7-8-18-35(32,37)38)39-30-15-17-33(43-24-26-9-3-1-4-10-26)40-34(30)44-25-27-11-5-2-6-12-27/h1-6,9-12,14-17,23,32,39H,7-8,13,18-22,24-25H2. The largest absolute Gasteiger partial charge is 0.473 e. The van der Waals surface area contributed by atoms with Crippen LogP contribution in [0.2, 0.25) is 0 Å². The van der Waals surface area contributed by atoms with Gasteiger partial charge in [-0.3, -0.25) is 4.90 Å². The molecule has 1 atom stereocenters. The summed E-state index contributed by atoms with van der Waals surface area (Å²) in [7, 11) is 0. The van der Waals surface area contributed by atoms with Gasteiger partial charge in [-0.15, -0.1) is 0 Å². The van der Waals surface area contributed by atoms with Gasteiger partial charge in [-0.25, -0.2) is 13.2 Å². The van der Waals surface area contributed by atoms with Gasteiger partial charge in [0, 0.05) is 44.4 Å². The third-order valence-corrected chi connectivity index (χ3v) is 8.33. The van der Waals surface area contributed by atoms with Crippen LogP contribution in [0.25, 0.3) is 0 Å². The lowest BCUT2D eigenvalue weighted by Gasteiger charge is -2.44. The number of rotatable bonds is 10. The summed E-state index contributed by atoms with van der Waals surface area (Å²) in [6.07, 6.45) is 1.90. The highest BCUT2D eigenvalue weighted by molar-refractivity contribution is 5.67. The number of halogens is 3. The highest BCUT2D eigenvalue weighted by atomic mass is 19.3. The number of benzene rings is 3. The van der Waals surface area contributed by atoms with Crippen LogP contribution in [0, 0.1) is 5.82 Å². The fourth-order valence-corrected chi connectivity index (χ4v) is 5.96. The van der Waals surface area contributed by atoms with E-state index in [4.69, 9.17) is 9.47 Å². The van der Waals surface area contributed by atoms with Gasteiger partial charge in [0.15, 0.2) is 0 Å². The second kappa shape index (κ2) is 13.6. The van der Waals surface area contributed by atoms with Crippen molar-refractivity contribution in [3.8, 4) is 11.8 Å². The van der Waals surface area contributed by atoms with Crippen molar-refractivity contribution in [2.24, 2.45) is 0 Å². The number of aromatic nitrogens is 1. The summed E-state index contributed by atoms with van der Waals surface area (Å²) in [5.74, 6) is -2.29. The monoisotopic (exact) mass is 602 g/mol. The van der Waals surface area contributed by atoms with E-state index < -0.39 is 12.0 Å². The van der Waals surface area contributed by atoms with Crippen LogP contribution in [-0.4, -0.2) is 48.0 Å². The Kier molecular flexibility index (Phi) is 9.21. The van der Waals surface area contributed by atoms with Crippen molar-refractivity contribution in [2.45, 2.75) is 50.9 Å². The van der Waals surface area contributed by atoms with Gasteiger partial charge in [0.05, 0.1) is 11.7 Å². The lowest BCUT2D eigenvalue weighted by atomic mass is 9.90. The second-order valence-electron chi connectivity index (χ2n) is 11.4. The zero-order valence-electron chi connectivity index (χ0n) is 24.6. The molecule has 1 aromatic heterocycles. The highest BCUT2D eigenvalue weighted by Gasteiger charge is 2.45. The fraction of sp³-hybridized carbons (Fsp3) is 0.343. The van der Waals surface area contributed by atoms with Crippen molar-refractivity contribution >= 4 is 17.1 Å². The maximum atomic E-state index is 15.4. The maximum absolute atomic E-state index is 15.4. The van der Waals surface area contributed by atoms with Crippen LogP contribution in [0.3, 0.4) is 0 Å². The van der Waals surface area contributed by atoms with Crippen LogP contribution in [-0.2, 0) is 13.2 Å². The van der Waals surface area contributed by atoms with Gasteiger partial charge in [-0.2, -0.15) is 4.98 Å². The molecule has 0 amide bonds. The van der Waals surface area contributed by atoms with Gasteiger partial charge < -0.3 is 19.7 Å². The molecule has 1 unspecified atom stereocenters. The quantitative estimate of drug-likeness (QED) is 0.200. The summed E-state index contributed by atoms with van der Waals surface area (Å²) in [6, 6.07) is 27.4. The first-order valence-electron chi connectivity index (χ1n) is 15.2. The average Bonchev–Trinajstić information content (AvgIpc) is 3.05. The number of ether oxygens (including phenoxy) is 2. The number of hydrogen-bond donors (Lipinski definition) is 1. The molecular weight excluding hydrogens is 565 g/mol. The van der Waals surface area contributed by atoms with Crippen molar-refractivity contribution in [1.29, 1.82) is 0 Å². The topological polar surface area (TPSA) is 49.9 Å². The van der Waals surface area contributed by atoms with Crippen LogP contribution in [0.5, 0.6) is 11.8 Å². The van der Waals surface area contributed by atoms with E-state index in [1.54, 1.807) is 24.3 Å². The number of nitrogens with one attached hydrogen (secondary N) is 1. The van der Waals surface area contributed by atoms with Crippen LogP contribution >= 0.6 is 0 Å². The molecule has 3 aromatic carbocycles. The van der Waals surface area contributed by atoms with Crippen molar-refractivity contribution in [1.82, 2.24) is 9.88 Å². The summed E-state index contributed by atoms with van der Waals surface area (Å²) in [5.41, 5.74) is 3.58. The Hall–Kier alpha value is -4.24. The molecule has 9 heteroatoms. The molecule has 2 fully saturated rings. The van der Waals surface area contributed by atoms with E-state index in [0.29, 0.717) is 81.1 Å². The number of nitrogens with zero attached hydrogens (tertiary/aromatic N) is 3. The molecule has 1 N–H and O–H groups in total. The average molecular weight is 603 g/mol. The molecule has 1 saturated heterocycles. The third kappa shape index (κ3) is 7.27. The Morgan fingerprint density at radius 1 is 0.795 bits per heavy atom. The van der Waals surface area contributed by atoms with E-state index in [-0.39, 0.29) is 12.2 Å². The summed E-state index contributed by atoms with van der Waals surface area (Å²) in [5, 5.41) is 3.25. The molecule has 0 radical (unpaired) electrons. The Bertz CT molecular complexity index is 1520. The lowest BCUT2D eigenvalue weighted by Crippen LogP contribution is -2.56. The zero-order chi connectivity index (χ0) is 30.4. The molecule has 1 aliphatic heterocycles. The van der Waals surface area contributed by atoms with Crippen LogP contribution in [0.15, 0.2) is 91.0 Å². The summed E-state index contributed by atoms with van der Waals surface area (Å²) in [4.78, 5) is 8.43. The number of alkyl halides is 2. The van der Waals surface area contributed by atoms with E-state index in [0.717, 1.165) is 17.5 Å². The Morgan fingerprint density at radius 2 is 1.48 bits per heavy atom. The minimum Gasteiger partial charge on any atom is -0.473 e.